The molecule has 1 heterocycles. The number of amides is 2. The average Bonchev–Trinajstić information content (AvgIpc) is 2.52. The van der Waals surface area contributed by atoms with Gasteiger partial charge in [0.1, 0.15) is 9.84 Å². The summed E-state index contributed by atoms with van der Waals surface area (Å²) >= 11 is 0. The van der Waals surface area contributed by atoms with Crippen LogP contribution in [-0.2, 0) is 19.4 Å². The van der Waals surface area contributed by atoms with Crippen molar-refractivity contribution in [2.24, 2.45) is 0 Å². The zero-order chi connectivity index (χ0) is 17.7. The topological polar surface area (TPSA) is 92.8 Å². The molecule has 1 aliphatic rings. The number of hydrogen-bond donors (Lipinski definition) is 1. The molecule has 0 aromatic heterocycles. The summed E-state index contributed by atoms with van der Waals surface area (Å²) in [5, 5.41) is 2.62. The van der Waals surface area contributed by atoms with Gasteiger partial charge in [-0.3, -0.25) is 9.59 Å². The van der Waals surface area contributed by atoms with Crippen molar-refractivity contribution < 1.29 is 22.7 Å². The lowest BCUT2D eigenvalue weighted by Gasteiger charge is -2.31. The number of carbonyl (C=O) groups is 2. The molecule has 132 valence electrons. The highest BCUT2D eigenvalue weighted by molar-refractivity contribution is 7.90. The fourth-order valence-electron chi connectivity index (χ4n) is 2.38. The first-order valence-electron chi connectivity index (χ1n) is 7.73. The normalized spacial score (nSPS) is 18.2. The van der Waals surface area contributed by atoms with E-state index in [4.69, 9.17) is 4.74 Å². The Balaban J connectivity index is 1.92. The average molecular weight is 354 g/mol. The minimum Gasteiger partial charge on any atom is -0.375 e. The van der Waals surface area contributed by atoms with E-state index < -0.39 is 9.84 Å². The highest BCUT2D eigenvalue weighted by Crippen LogP contribution is 2.14. The largest absolute Gasteiger partial charge is 0.375 e. The van der Waals surface area contributed by atoms with E-state index in [-0.39, 0.29) is 30.1 Å². The molecule has 1 aliphatic heterocycles. The van der Waals surface area contributed by atoms with Crippen molar-refractivity contribution in [3.63, 3.8) is 0 Å². The van der Waals surface area contributed by atoms with Crippen molar-refractivity contribution >= 4 is 27.3 Å². The van der Waals surface area contributed by atoms with Crippen molar-refractivity contribution in [1.29, 1.82) is 0 Å². The third kappa shape index (κ3) is 5.61. The van der Waals surface area contributed by atoms with Gasteiger partial charge < -0.3 is 15.0 Å². The van der Waals surface area contributed by atoms with Crippen molar-refractivity contribution in [3.05, 3.63) is 29.8 Å². The van der Waals surface area contributed by atoms with Crippen LogP contribution in [0, 0.1) is 0 Å². The van der Waals surface area contributed by atoms with Crippen LogP contribution in [0.5, 0.6) is 0 Å². The maximum Gasteiger partial charge on any atom is 0.254 e. The summed E-state index contributed by atoms with van der Waals surface area (Å²) < 4.78 is 27.5. The van der Waals surface area contributed by atoms with Crippen molar-refractivity contribution in [1.82, 2.24) is 4.90 Å². The molecule has 0 aliphatic carbocycles. The molecule has 1 atom stereocenters. The summed E-state index contributed by atoms with van der Waals surface area (Å²) in [6, 6.07) is 6.56. The fraction of sp³-hybridized carbons (Fsp3) is 0.500. The Kier molecular flexibility index (Phi) is 5.95. The second-order valence-corrected chi connectivity index (χ2v) is 8.20. The van der Waals surface area contributed by atoms with E-state index in [9.17, 15) is 18.0 Å². The molecule has 0 bridgehead atoms. The molecule has 1 fully saturated rings. The Morgan fingerprint density at radius 3 is 2.54 bits per heavy atom. The predicted octanol–water partition coefficient (Wildman–Crippen LogP) is 0.921. The van der Waals surface area contributed by atoms with Crippen LogP contribution in [0.1, 0.15) is 23.7 Å². The molecule has 1 saturated heterocycles. The molecule has 1 aromatic carbocycles. The highest BCUT2D eigenvalue weighted by Gasteiger charge is 2.22. The minimum atomic E-state index is -3.17. The molecular weight excluding hydrogens is 332 g/mol. The molecule has 1 aromatic rings. The van der Waals surface area contributed by atoms with Crippen LogP contribution in [0.4, 0.5) is 5.69 Å². The van der Waals surface area contributed by atoms with Crippen LogP contribution in [0.15, 0.2) is 24.3 Å². The van der Waals surface area contributed by atoms with Gasteiger partial charge in [0.05, 0.1) is 18.5 Å². The van der Waals surface area contributed by atoms with E-state index in [1.807, 2.05) is 6.92 Å². The lowest BCUT2D eigenvalue weighted by atomic mass is 10.1. The number of carbonyl (C=O) groups excluding carboxylic acids is 2. The molecule has 2 amide bonds. The van der Waals surface area contributed by atoms with E-state index in [1.54, 1.807) is 29.2 Å². The van der Waals surface area contributed by atoms with Crippen LogP contribution in [0.2, 0.25) is 0 Å². The van der Waals surface area contributed by atoms with Gasteiger partial charge in [-0.25, -0.2) is 8.42 Å². The number of hydrogen-bond acceptors (Lipinski definition) is 5. The van der Waals surface area contributed by atoms with E-state index in [1.165, 1.54) is 0 Å². The summed E-state index contributed by atoms with van der Waals surface area (Å²) in [6.07, 6.45) is 1.02. The molecule has 8 heteroatoms. The Bertz CT molecular complexity index is 700. The lowest BCUT2D eigenvalue weighted by Crippen LogP contribution is -2.44. The first-order chi connectivity index (χ1) is 11.2. The van der Waals surface area contributed by atoms with Crippen LogP contribution >= 0.6 is 0 Å². The van der Waals surface area contributed by atoms with Crippen molar-refractivity contribution in [2.75, 3.05) is 37.0 Å². The second kappa shape index (κ2) is 7.76. The zero-order valence-corrected chi connectivity index (χ0v) is 14.6. The molecule has 1 N–H and O–H groups in total. The summed E-state index contributed by atoms with van der Waals surface area (Å²) in [6.45, 7) is 3.58. The molecule has 24 heavy (non-hydrogen) atoms. The van der Waals surface area contributed by atoms with Gasteiger partial charge in [0.15, 0.2) is 0 Å². The Morgan fingerprint density at radius 2 is 1.96 bits per heavy atom. The molecule has 7 nitrogen and oxygen atoms in total. The van der Waals surface area contributed by atoms with Crippen LogP contribution in [0.3, 0.4) is 0 Å². The number of nitrogens with one attached hydrogen (secondary N) is 1. The first-order valence-corrected chi connectivity index (χ1v) is 9.79. The van der Waals surface area contributed by atoms with Crippen LogP contribution < -0.4 is 5.32 Å². The minimum absolute atomic E-state index is 0.0242. The molecule has 1 unspecified atom stereocenters. The number of anilines is 1. The van der Waals surface area contributed by atoms with Gasteiger partial charge in [0, 0.05) is 37.0 Å². The van der Waals surface area contributed by atoms with Crippen molar-refractivity contribution in [2.45, 2.75) is 19.4 Å². The standard InChI is InChI=1S/C16H22N2O5S/c1-12-11-18(8-9-23-12)16(20)13-3-5-14(6-4-13)17-15(19)7-10-24(2,21)22/h3-6,12H,7-11H2,1-2H3,(H,17,19). The quantitative estimate of drug-likeness (QED) is 0.849. The molecular formula is C16H22N2O5S. The van der Waals surface area contributed by atoms with Crippen LogP contribution in [-0.4, -0.2) is 62.9 Å². The molecule has 2 rings (SSSR count). The van der Waals surface area contributed by atoms with E-state index in [0.29, 0.717) is 30.9 Å². The first kappa shape index (κ1) is 18.4. The summed E-state index contributed by atoms with van der Waals surface area (Å²) in [4.78, 5) is 25.8. The van der Waals surface area contributed by atoms with Gasteiger partial charge in [-0.2, -0.15) is 0 Å². The van der Waals surface area contributed by atoms with Gasteiger partial charge in [0.25, 0.3) is 5.91 Å². The number of rotatable bonds is 5. The number of nitrogens with zero attached hydrogens (tertiary/aromatic N) is 1. The van der Waals surface area contributed by atoms with Gasteiger partial charge in [-0.15, -0.1) is 0 Å². The third-order valence-electron chi connectivity index (χ3n) is 3.64. The smallest absolute Gasteiger partial charge is 0.254 e. The highest BCUT2D eigenvalue weighted by atomic mass is 32.2. The maximum absolute atomic E-state index is 12.4. The van der Waals surface area contributed by atoms with Crippen LogP contribution in [0.25, 0.3) is 0 Å². The fourth-order valence-corrected chi connectivity index (χ4v) is 2.94. The maximum atomic E-state index is 12.4. The predicted molar refractivity (Wildman–Crippen MR) is 90.7 cm³/mol. The number of ether oxygens (including phenoxy) is 1. The molecule has 0 saturated carbocycles. The monoisotopic (exact) mass is 354 g/mol. The van der Waals surface area contributed by atoms with E-state index in [0.717, 1.165) is 6.26 Å². The number of sulfone groups is 1. The SMILES string of the molecule is CC1CN(C(=O)c2ccc(NC(=O)CCS(C)(=O)=O)cc2)CCO1. The van der Waals surface area contributed by atoms with Crippen molar-refractivity contribution in [3.8, 4) is 0 Å². The van der Waals surface area contributed by atoms with E-state index in [2.05, 4.69) is 5.32 Å². The Labute approximate surface area is 141 Å². The number of morpholine rings is 1. The lowest BCUT2D eigenvalue weighted by molar-refractivity contribution is -0.115. The van der Waals surface area contributed by atoms with Gasteiger partial charge >= 0.3 is 0 Å². The summed E-state index contributed by atoms with van der Waals surface area (Å²) in [5.41, 5.74) is 1.07. The molecule has 0 radical (unpaired) electrons. The van der Waals surface area contributed by atoms with Gasteiger partial charge in [0.2, 0.25) is 5.91 Å². The molecule has 0 spiro atoms. The van der Waals surface area contributed by atoms with Gasteiger partial charge in [-0.1, -0.05) is 0 Å². The zero-order valence-electron chi connectivity index (χ0n) is 13.8. The summed E-state index contributed by atoms with van der Waals surface area (Å²) in [7, 11) is -3.17. The Hall–Kier alpha value is -1.93. The summed E-state index contributed by atoms with van der Waals surface area (Å²) in [5.74, 6) is -0.633. The van der Waals surface area contributed by atoms with Gasteiger partial charge in [-0.05, 0) is 31.2 Å². The second-order valence-electron chi connectivity index (χ2n) is 5.94. The third-order valence-corrected chi connectivity index (χ3v) is 4.59. The Morgan fingerprint density at radius 1 is 1.29 bits per heavy atom. The van der Waals surface area contributed by atoms with E-state index >= 15 is 0 Å². The number of benzene rings is 1.